The van der Waals surface area contributed by atoms with Crippen LogP contribution in [0.1, 0.15) is 23.7 Å². The van der Waals surface area contributed by atoms with Crippen LogP contribution in [0.5, 0.6) is 0 Å². The molecule has 0 radical (unpaired) electrons. The number of nitrogens with two attached hydrogens (primary N) is 1. The maximum absolute atomic E-state index is 13.7. The van der Waals surface area contributed by atoms with Gasteiger partial charge in [0.15, 0.2) is 0 Å². The minimum Gasteiger partial charge on any atom is -0.352 e. The lowest BCUT2D eigenvalue weighted by Gasteiger charge is -2.12. The first kappa shape index (κ1) is 15.9. The number of aromatic nitrogens is 1. The van der Waals surface area contributed by atoms with Crippen molar-refractivity contribution in [2.45, 2.75) is 19.4 Å². The average Bonchev–Trinajstić information content (AvgIpc) is 2.49. The van der Waals surface area contributed by atoms with Gasteiger partial charge in [0.1, 0.15) is 11.6 Å². The first-order chi connectivity index (χ1) is 10.6. The molecule has 2 rings (SSSR count). The molecule has 4 N–H and O–H groups in total. The maximum atomic E-state index is 13.7. The van der Waals surface area contributed by atoms with E-state index < -0.39 is 5.82 Å². The minimum atomic E-state index is -0.406. The fraction of sp³-hybridized carbons (Fsp3) is 0.250. The molecule has 0 bridgehead atoms. The van der Waals surface area contributed by atoms with Gasteiger partial charge < -0.3 is 16.4 Å². The van der Waals surface area contributed by atoms with Gasteiger partial charge in [0.25, 0.3) is 5.91 Å². The van der Waals surface area contributed by atoms with Gasteiger partial charge in [-0.1, -0.05) is 12.1 Å². The SMILES string of the molecule is CC(N)CCNC(=O)c1cccnc1Nc1ccccc1F. The molecule has 1 unspecified atom stereocenters. The molecule has 6 heteroatoms. The molecule has 5 nitrogen and oxygen atoms in total. The molecular formula is C16H19FN4O. The smallest absolute Gasteiger partial charge is 0.255 e. The maximum Gasteiger partial charge on any atom is 0.255 e. The molecule has 1 heterocycles. The van der Waals surface area contributed by atoms with E-state index in [1.54, 1.807) is 36.5 Å². The molecule has 1 aromatic carbocycles. The molecule has 1 amide bonds. The molecular weight excluding hydrogens is 283 g/mol. The number of halogens is 1. The number of hydrogen-bond acceptors (Lipinski definition) is 4. The Morgan fingerprint density at radius 3 is 2.82 bits per heavy atom. The first-order valence-electron chi connectivity index (χ1n) is 7.08. The first-order valence-corrected chi connectivity index (χ1v) is 7.08. The minimum absolute atomic E-state index is 0.0187. The molecule has 0 aliphatic heterocycles. The van der Waals surface area contributed by atoms with Gasteiger partial charge in [0, 0.05) is 18.8 Å². The lowest BCUT2D eigenvalue weighted by molar-refractivity contribution is 0.0953. The van der Waals surface area contributed by atoms with Gasteiger partial charge in [-0.3, -0.25) is 4.79 Å². The van der Waals surface area contributed by atoms with Crippen molar-refractivity contribution < 1.29 is 9.18 Å². The van der Waals surface area contributed by atoms with E-state index in [0.717, 1.165) is 0 Å². The summed E-state index contributed by atoms with van der Waals surface area (Å²) in [7, 11) is 0. The highest BCUT2D eigenvalue weighted by atomic mass is 19.1. The standard InChI is InChI=1S/C16H19FN4O/c1-11(18)8-10-20-16(22)12-5-4-9-19-15(12)21-14-7-3-2-6-13(14)17/h2-7,9,11H,8,10,18H2,1H3,(H,19,21)(H,20,22). The lowest BCUT2D eigenvalue weighted by atomic mass is 10.2. The predicted molar refractivity (Wildman–Crippen MR) is 84.5 cm³/mol. The number of nitrogens with one attached hydrogen (secondary N) is 2. The molecule has 0 aliphatic rings. The normalized spacial score (nSPS) is 11.8. The Kier molecular flexibility index (Phi) is 5.43. The zero-order valence-electron chi connectivity index (χ0n) is 12.3. The van der Waals surface area contributed by atoms with Crippen LogP contribution in [0.4, 0.5) is 15.9 Å². The summed E-state index contributed by atoms with van der Waals surface area (Å²) < 4.78 is 13.7. The van der Waals surface area contributed by atoms with Gasteiger partial charge in [-0.2, -0.15) is 0 Å². The molecule has 116 valence electrons. The number of carbonyl (C=O) groups excluding carboxylic acids is 1. The number of rotatable bonds is 6. The van der Waals surface area contributed by atoms with Crippen molar-refractivity contribution >= 4 is 17.4 Å². The molecule has 0 aliphatic carbocycles. The molecule has 22 heavy (non-hydrogen) atoms. The monoisotopic (exact) mass is 302 g/mol. The van der Waals surface area contributed by atoms with E-state index in [2.05, 4.69) is 15.6 Å². The number of hydrogen-bond donors (Lipinski definition) is 3. The summed E-state index contributed by atoms with van der Waals surface area (Å²) in [6, 6.07) is 9.54. The van der Waals surface area contributed by atoms with Crippen molar-refractivity contribution in [2.24, 2.45) is 5.73 Å². The number of amides is 1. The van der Waals surface area contributed by atoms with E-state index in [4.69, 9.17) is 5.73 Å². The van der Waals surface area contributed by atoms with E-state index in [1.165, 1.54) is 6.07 Å². The van der Waals surface area contributed by atoms with E-state index in [0.29, 0.717) is 24.3 Å². The highest BCUT2D eigenvalue weighted by Crippen LogP contribution is 2.20. The highest BCUT2D eigenvalue weighted by molar-refractivity contribution is 5.99. The summed E-state index contributed by atoms with van der Waals surface area (Å²) in [6.45, 7) is 2.35. The second-order valence-electron chi connectivity index (χ2n) is 5.03. The van der Waals surface area contributed by atoms with Crippen molar-refractivity contribution in [3.63, 3.8) is 0 Å². The Balaban J connectivity index is 2.13. The second-order valence-corrected chi connectivity index (χ2v) is 5.03. The third-order valence-corrected chi connectivity index (χ3v) is 3.06. The summed E-state index contributed by atoms with van der Waals surface area (Å²) in [4.78, 5) is 16.3. The van der Waals surface area contributed by atoms with Gasteiger partial charge >= 0.3 is 0 Å². The van der Waals surface area contributed by atoms with Crippen molar-refractivity contribution in [3.8, 4) is 0 Å². The van der Waals surface area contributed by atoms with Crippen LogP contribution in [0, 0.1) is 5.82 Å². The summed E-state index contributed by atoms with van der Waals surface area (Å²) in [6.07, 6.45) is 2.23. The van der Waals surface area contributed by atoms with E-state index in [1.807, 2.05) is 6.92 Å². The summed E-state index contributed by atoms with van der Waals surface area (Å²) in [5, 5.41) is 5.63. The van der Waals surface area contributed by atoms with Crippen molar-refractivity contribution in [1.29, 1.82) is 0 Å². The molecule has 1 atom stereocenters. The largest absolute Gasteiger partial charge is 0.352 e. The van der Waals surface area contributed by atoms with Gasteiger partial charge in [-0.15, -0.1) is 0 Å². The molecule has 1 aromatic heterocycles. The Labute approximate surface area is 128 Å². The van der Waals surface area contributed by atoms with Crippen LogP contribution in [0.3, 0.4) is 0 Å². The number of carbonyl (C=O) groups is 1. The van der Waals surface area contributed by atoms with Gasteiger partial charge in [0.05, 0.1) is 11.3 Å². The third-order valence-electron chi connectivity index (χ3n) is 3.06. The fourth-order valence-electron chi connectivity index (χ4n) is 1.89. The topological polar surface area (TPSA) is 80.0 Å². The number of benzene rings is 1. The van der Waals surface area contributed by atoms with Crippen LogP contribution in [0.2, 0.25) is 0 Å². The zero-order chi connectivity index (χ0) is 15.9. The summed E-state index contributed by atoms with van der Waals surface area (Å²) >= 11 is 0. The molecule has 0 saturated heterocycles. The Bertz CT molecular complexity index is 646. The van der Waals surface area contributed by atoms with E-state index in [-0.39, 0.29) is 17.6 Å². The Hall–Kier alpha value is -2.47. The molecule has 0 fully saturated rings. The Morgan fingerprint density at radius 2 is 2.09 bits per heavy atom. The number of pyridine rings is 1. The van der Waals surface area contributed by atoms with Crippen LogP contribution in [0.25, 0.3) is 0 Å². The van der Waals surface area contributed by atoms with Crippen molar-refractivity contribution in [1.82, 2.24) is 10.3 Å². The van der Waals surface area contributed by atoms with Gasteiger partial charge in [-0.25, -0.2) is 9.37 Å². The van der Waals surface area contributed by atoms with Crippen molar-refractivity contribution in [2.75, 3.05) is 11.9 Å². The van der Waals surface area contributed by atoms with Crippen LogP contribution in [-0.4, -0.2) is 23.5 Å². The predicted octanol–water partition coefficient (Wildman–Crippen LogP) is 2.43. The second kappa shape index (κ2) is 7.51. The lowest BCUT2D eigenvalue weighted by Crippen LogP contribution is -2.29. The van der Waals surface area contributed by atoms with Crippen LogP contribution in [0.15, 0.2) is 42.6 Å². The van der Waals surface area contributed by atoms with Crippen LogP contribution < -0.4 is 16.4 Å². The summed E-state index contributed by atoms with van der Waals surface area (Å²) in [5.74, 6) is -0.366. The zero-order valence-corrected chi connectivity index (χ0v) is 12.3. The van der Waals surface area contributed by atoms with E-state index in [9.17, 15) is 9.18 Å². The van der Waals surface area contributed by atoms with Gasteiger partial charge in [0.2, 0.25) is 0 Å². The third kappa shape index (κ3) is 4.26. The van der Waals surface area contributed by atoms with Crippen LogP contribution in [-0.2, 0) is 0 Å². The number of anilines is 2. The van der Waals surface area contributed by atoms with Gasteiger partial charge in [-0.05, 0) is 37.6 Å². The number of para-hydroxylation sites is 1. The quantitative estimate of drug-likeness (QED) is 0.765. The van der Waals surface area contributed by atoms with Crippen LogP contribution >= 0.6 is 0 Å². The molecule has 2 aromatic rings. The molecule has 0 saturated carbocycles. The molecule has 0 spiro atoms. The Morgan fingerprint density at radius 1 is 1.32 bits per heavy atom. The van der Waals surface area contributed by atoms with Crippen molar-refractivity contribution in [3.05, 3.63) is 54.0 Å². The fourth-order valence-corrected chi connectivity index (χ4v) is 1.89. The number of nitrogens with zero attached hydrogens (tertiary/aromatic N) is 1. The van der Waals surface area contributed by atoms with E-state index >= 15 is 0 Å². The average molecular weight is 302 g/mol. The highest BCUT2D eigenvalue weighted by Gasteiger charge is 2.13. The summed E-state index contributed by atoms with van der Waals surface area (Å²) in [5.41, 5.74) is 6.27.